The summed E-state index contributed by atoms with van der Waals surface area (Å²) in [4.78, 5) is 16.5. The van der Waals surface area contributed by atoms with Crippen molar-refractivity contribution in [2.24, 2.45) is 0 Å². The van der Waals surface area contributed by atoms with E-state index in [0.29, 0.717) is 17.2 Å². The van der Waals surface area contributed by atoms with E-state index in [9.17, 15) is 4.79 Å². The number of nitrogens with zero attached hydrogens (tertiary/aromatic N) is 3. The highest BCUT2D eigenvalue weighted by Gasteiger charge is 2.16. The molecule has 1 fully saturated rings. The van der Waals surface area contributed by atoms with Crippen molar-refractivity contribution < 1.29 is 9.53 Å². The van der Waals surface area contributed by atoms with Crippen molar-refractivity contribution in [3.63, 3.8) is 0 Å². The molecule has 1 unspecified atom stereocenters. The van der Waals surface area contributed by atoms with Gasteiger partial charge in [-0.05, 0) is 42.7 Å². The molecule has 1 aliphatic heterocycles. The van der Waals surface area contributed by atoms with Gasteiger partial charge in [-0.25, -0.2) is 9.50 Å². The number of pyridine rings is 1. The first kappa shape index (κ1) is 14.8. The molecule has 1 amide bonds. The molecule has 4 rings (SSSR count). The van der Waals surface area contributed by atoms with Gasteiger partial charge in [-0.3, -0.25) is 4.79 Å². The fourth-order valence-corrected chi connectivity index (χ4v) is 3.00. The Balaban J connectivity index is 1.47. The Hall–Kier alpha value is -2.73. The van der Waals surface area contributed by atoms with Crippen LogP contribution in [0.4, 0.5) is 5.69 Å². The predicted octanol–water partition coefficient (Wildman–Crippen LogP) is 2.88. The van der Waals surface area contributed by atoms with E-state index in [1.807, 2.05) is 36.4 Å². The van der Waals surface area contributed by atoms with Crippen LogP contribution in [0, 0.1) is 0 Å². The van der Waals surface area contributed by atoms with Crippen molar-refractivity contribution in [1.82, 2.24) is 14.6 Å². The van der Waals surface area contributed by atoms with Gasteiger partial charge in [0.15, 0.2) is 5.65 Å². The molecule has 3 aromatic rings. The number of amides is 1. The molecule has 6 nitrogen and oxygen atoms in total. The lowest BCUT2D eigenvalue weighted by Gasteiger charge is -2.22. The zero-order valence-electron chi connectivity index (χ0n) is 13.2. The molecule has 0 radical (unpaired) electrons. The molecule has 1 aliphatic rings. The van der Waals surface area contributed by atoms with Crippen LogP contribution in [0.2, 0.25) is 0 Å². The number of nitrogens with one attached hydrogen (secondary N) is 1. The van der Waals surface area contributed by atoms with E-state index in [-0.39, 0.29) is 5.91 Å². The number of fused-ring (bicyclic) bond motifs is 1. The molecule has 24 heavy (non-hydrogen) atoms. The smallest absolute Gasteiger partial charge is 0.255 e. The van der Waals surface area contributed by atoms with Crippen LogP contribution in [0.5, 0.6) is 0 Å². The fraction of sp³-hybridized carbons (Fsp3) is 0.278. The van der Waals surface area contributed by atoms with Crippen molar-refractivity contribution in [3.05, 3.63) is 60.0 Å². The maximum Gasteiger partial charge on any atom is 0.255 e. The number of benzene rings is 1. The average molecular weight is 322 g/mol. The van der Waals surface area contributed by atoms with Gasteiger partial charge in [0.05, 0.1) is 18.5 Å². The zero-order chi connectivity index (χ0) is 16.4. The third-order valence-electron chi connectivity index (χ3n) is 4.34. The Labute approximate surface area is 139 Å². The predicted molar refractivity (Wildman–Crippen MR) is 90.2 cm³/mol. The molecule has 1 saturated heterocycles. The third-order valence-corrected chi connectivity index (χ3v) is 4.34. The number of carbonyl (C=O) groups excluding carboxylic acids is 1. The van der Waals surface area contributed by atoms with Crippen LogP contribution in [0.25, 0.3) is 5.65 Å². The number of hydrogen-bond acceptors (Lipinski definition) is 4. The van der Waals surface area contributed by atoms with Crippen molar-refractivity contribution in [2.75, 3.05) is 18.5 Å². The highest BCUT2D eigenvalue weighted by Crippen LogP contribution is 2.25. The Morgan fingerprint density at radius 1 is 1.21 bits per heavy atom. The molecule has 6 heteroatoms. The molecule has 1 N–H and O–H groups in total. The third kappa shape index (κ3) is 3.00. The van der Waals surface area contributed by atoms with Crippen molar-refractivity contribution in [2.45, 2.75) is 18.8 Å². The number of hydrogen-bond donors (Lipinski definition) is 1. The summed E-state index contributed by atoms with van der Waals surface area (Å²) in [6, 6.07) is 11.4. The van der Waals surface area contributed by atoms with Gasteiger partial charge >= 0.3 is 0 Å². The van der Waals surface area contributed by atoms with Crippen molar-refractivity contribution >= 4 is 17.2 Å². The molecule has 0 spiro atoms. The molecular weight excluding hydrogens is 304 g/mol. The number of anilines is 1. The van der Waals surface area contributed by atoms with Crippen LogP contribution in [0.3, 0.4) is 0 Å². The Kier molecular flexibility index (Phi) is 3.96. The van der Waals surface area contributed by atoms with Crippen LogP contribution in [-0.2, 0) is 4.74 Å². The van der Waals surface area contributed by atoms with Crippen LogP contribution >= 0.6 is 0 Å². The zero-order valence-corrected chi connectivity index (χ0v) is 13.2. The Morgan fingerprint density at radius 2 is 2.08 bits per heavy atom. The molecule has 0 bridgehead atoms. The first-order chi connectivity index (χ1) is 11.8. The van der Waals surface area contributed by atoms with Gasteiger partial charge in [0.25, 0.3) is 5.91 Å². The summed E-state index contributed by atoms with van der Waals surface area (Å²) in [6.07, 6.45) is 5.46. The van der Waals surface area contributed by atoms with Gasteiger partial charge < -0.3 is 10.1 Å². The monoisotopic (exact) mass is 322 g/mol. The number of carbonyl (C=O) groups is 1. The van der Waals surface area contributed by atoms with E-state index in [0.717, 1.165) is 31.7 Å². The molecule has 1 atom stereocenters. The maximum absolute atomic E-state index is 12.4. The van der Waals surface area contributed by atoms with Gasteiger partial charge in [-0.15, -0.1) is 0 Å². The van der Waals surface area contributed by atoms with E-state index in [4.69, 9.17) is 4.74 Å². The summed E-state index contributed by atoms with van der Waals surface area (Å²) >= 11 is 0. The minimum Gasteiger partial charge on any atom is -0.381 e. The number of ether oxygens (including phenoxy) is 1. The summed E-state index contributed by atoms with van der Waals surface area (Å²) < 4.78 is 7.16. The highest BCUT2D eigenvalue weighted by atomic mass is 16.5. The van der Waals surface area contributed by atoms with Crippen LogP contribution in [0.1, 0.15) is 34.7 Å². The lowest BCUT2D eigenvalue weighted by Crippen LogP contribution is -2.16. The van der Waals surface area contributed by atoms with Crippen molar-refractivity contribution in [3.8, 4) is 0 Å². The standard InChI is InChI=1S/C18H18N4O2/c23-18(21-16-7-8-17-19-12-20-22(17)10-16)14-5-3-13(4-6-14)15-2-1-9-24-11-15/h3-8,10,12,15H,1-2,9,11H2,(H,21,23). The Bertz CT molecular complexity index is 851. The minimum absolute atomic E-state index is 0.138. The summed E-state index contributed by atoms with van der Waals surface area (Å²) in [5.41, 5.74) is 3.29. The van der Waals surface area contributed by atoms with E-state index in [1.165, 1.54) is 11.9 Å². The summed E-state index contributed by atoms with van der Waals surface area (Å²) in [5, 5.41) is 6.95. The van der Waals surface area contributed by atoms with Gasteiger partial charge in [0, 0.05) is 18.1 Å². The second-order valence-electron chi connectivity index (χ2n) is 5.97. The Morgan fingerprint density at radius 3 is 2.88 bits per heavy atom. The van der Waals surface area contributed by atoms with Gasteiger partial charge in [-0.1, -0.05) is 12.1 Å². The lowest BCUT2D eigenvalue weighted by molar-refractivity contribution is 0.0804. The van der Waals surface area contributed by atoms with Crippen molar-refractivity contribution in [1.29, 1.82) is 0 Å². The second kappa shape index (κ2) is 6.41. The van der Waals surface area contributed by atoms with E-state index < -0.39 is 0 Å². The summed E-state index contributed by atoms with van der Waals surface area (Å²) in [7, 11) is 0. The number of rotatable bonds is 3. The minimum atomic E-state index is -0.138. The van der Waals surface area contributed by atoms with Gasteiger partial charge in [-0.2, -0.15) is 5.10 Å². The van der Waals surface area contributed by atoms with Gasteiger partial charge in [0.2, 0.25) is 0 Å². The first-order valence-corrected chi connectivity index (χ1v) is 8.08. The molecule has 3 heterocycles. The largest absolute Gasteiger partial charge is 0.381 e. The normalized spacial score (nSPS) is 17.8. The van der Waals surface area contributed by atoms with E-state index >= 15 is 0 Å². The molecule has 0 aliphatic carbocycles. The van der Waals surface area contributed by atoms with Crippen LogP contribution in [-0.4, -0.2) is 33.7 Å². The van der Waals surface area contributed by atoms with E-state index in [2.05, 4.69) is 15.4 Å². The fourth-order valence-electron chi connectivity index (χ4n) is 3.00. The molecule has 0 saturated carbocycles. The molecule has 1 aromatic carbocycles. The second-order valence-corrected chi connectivity index (χ2v) is 5.97. The highest BCUT2D eigenvalue weighted by molar-refractivity contribution is 6.04. The molecular formula is C18H18N4O2. The average Bonchev–Trinajstić information content (AvgIpc) is 3.10. The summed E-state index contributed by atoms with van der Waals surface area (Å²) in [5.74, 6) is 0.298. The topological polar surface area (TPSA) is 68.5 Å². The SMILES string of the molecule is O=C(Nc1ccc2ncnn2c1)c1ccc(C2CCCOC2)cc1. The summed E-state index contributed by atoms with van der Waals surface area (Å²) in [6.45, 7) is 1.62. The van der Waals surface area contributed by atoms with Gasteiger partial charge in [0.1, 0.15) is 6.33 Å². The lowest BCUT2D eigenvalue weighted by atomic mass is 9.93. The maximum atomic E-state index is 12.4. The van der Waals surface area contributed by atoms with Crippen LogP contribution < -0.4 is 5.32 Å². The molecule has 122 valence electrons. The van der Waals surface area contributed by atoms with Crippen LogP contribution in [0.15, 0.2) is 48.9 Å². The molecule has 2 aromatic heterocycles. The quantitative estimate of drug-likeness (QED) is 0.805. The van der Waals surface area contributed by atoms with E-state index in [1.54, 1.807) is 10.7 Å². The first-order valence-electron chi connectivity index (χ1n) is 8.08. The number of aromatic nitrogens is 3.